The Kier molecular flexibility index (Phi) is 10.2. The Morgan fingerprint density at radius 2 is 1.44 bits per heavy atom. The maximum Gasteiger partial charge on any atom is 0.119 e. The number of phenols is 2. The van der Waals surface area contributed by atoms with Crippen LogP contribution < -0.4 is 0 Å². The van der Waals surface area contributed by atoms with Crippen LogP contribution in [-0.2, 0) is 11.2 Å². The second-order valence-electron chi connectivity index (χ2n) is 4.10. The van der Waals surface area contributed by atoms with Gasteiger partial charge in [-0.3, -0.25) is 0 Å². The van der Waals surface area contributed by atoms with Gasteiger partial charge in [0.05, 0.1) is 0 Å². The van der Waals surface area contributed by atoms with Crippen molar-refractivity contribution in [3.8, 4) is 11.5 Å². The number of aryl methyl sites for hydroxylation is 1. The number of benzene rings is 1. The van der Waals surface area contributed by atoms with Crippen LogP contribution in [0, 0.1) is 0 Å². The van der Waals surface area contributed by atoms with Gasteiger partial charge in [0.15, 0.2) is 0 Å². The molecule has 0 saturated carbocycles. The summed E-state index contributed by atoms with van der Waals surface area (Å²) in [7, 11) is 0. The third-order valence-electron chi connectivity index (χ3n) is 2.44. The first-order valence-corrected chi connectivity index (χ1v) is 6.73. The lowest BCUT2D eigenvalue weighted by Gasteiger charge is -2.02. The molecule has 0 radical (unpaired) electrons. The normalized spacial score (nSPS) is 9.72. The topological polar surface area (TPSA) is 49.7 Å². The van der Waals surface area contributed by atoms with E-state index >= 15 is 0 Å². The van der Waals surface area contributed by atoms with Crippen LogP contribution in [0.15, 0.2) is 18.2 Å². The summed E-state index contributed by atoms with van der Waals surface area (Å²) >= 11 is 0. The fourth-order valence-electron chi connectivity index (χ4n) is 1.58. The maximum absolute atomic E-state index is 9.19. The zero-order valence-corrected chi connectivity index (χ0v) is 11.8. The first-order chi connectivity index (χ1) is 8.63. The van der Waals surface area contributed by atoms with Gasteiger partial charge in [-0.2, -0.15) is 0 Å². The van der Waals surface area contributed by atoms with Crippen molar-refractivity contribution in [2.45, 2.75) is 46.5 Å². The van der Waals surface area contributed by atoms with Crippen molar-refractivity contribution in [2.75, 3.05) is 13.2 Å². The van der Waals surface area contributed by atoms with Crippen molar-refractivity contribution < 1.29 is 14.9 Å². The van der Waals surface area contributed by atoms with Crippen LogP contribution in [0.2, 0.25) is 0 Å². The zero-order valence-electron chi connectivity index (χ0n) is 11.8. The van der Waals surface area contributed by atoms with E-state index in [1.807, 2.05) is 13.8 Å². The Morgan fingerprint density at radius 1 is 0.889 bits per heavy atom. The van der Waals surface area contributed by atoms with E-state index < -0.39 is 0 Å². The summed E-state index contributed by atoms with van der Waals surface area (Å²) in [5.41, 5.74) is 1.01. The molecule has 1 rings (SSSR count). The van der Waals surface area contributed by atoms with Crippen molar-refractivity contribution in [1.29, 1.82) is 0 Å². The molecule has 0 aliphatic rings. The highest BCUT2D eigenvalue weighted by molar-refractivity contribution is 5.36. The molecular weight excluding hydrogens is 228 g/mol. The fraction of sp³-hybridized carbons (Fsp3) is 0.600. The minimum absolute atomic E-state index is 0.145. The van der Waals surface area contributed by atoms with Gasteiger partial charge in [-0.1, -0.05) is 19.8 Å². The van der Waals surface area contributed by atoms with E-state index in [1.54, 1.807) is 12.1 Å². The lowest BCUT2D eigenvalue weighted by Crippen LogP contribution is -1.84. The van der Waals surface area contributed by atoms with Gasteiger partial charge in [0.2, 0.25) is 0 Å². The molecule has 3 nitrogen and oxygen atoms in total. The molecule has 0 bridgehead atoms. The Morgan fingerprint density at radius 3 is 1.83 bits per heavy atom. The van der Waals surface area contributed by atoms with Crippen molar-refractivity contribution in [1.82, 2.24) is 0 Å². The highest BCUT2D eigenvalue weighted by Crippen LogP contribution is 2.21. The molecule has 0 fully saturated rings. The Bertz CT molecular complexity index is 288. The average molecular weight is 254 g/mol. The molecule has 0 unspecified atom stereocenters. The summed E-state index contributed by atoms with van der Waals surface area (Å²) < 4.78 is 4.83. The van der Waals surface area contributed by atoms with Crippen LogP contribution in [-0.4, -0.2) is 23.4 Å². The van der Waals surface area contributed by atoms with Gasteiger partial charge in [-0.25, -0.2) is 0 Å². The second-order valence-corrected chi connectivity index (χ2v) is 4.10. The smallest absolute Gasteiger partial charge is 0.119 e. The fourth-order valence-corrected chi connectivity index (χ4v) is 1.58. The third kappa shape index (κ3) is 8.88. The molecule has 2 N–H and O–H groups in total. The van der Waals surface area contributed by atoms with E-state index in [0.29, 0.717) is 0 Å². The summed E-state index contributed by atoms with van der Waals surface area (Å²) in [5, 5.41) is 18.4. The maximum atomic E-state index is 9.19. The third-order valence-corrected chi connectivity index (χ3v) is 2.44. The van der Waals surface area contributed by atoms with Crippen LogP contribution in [0.4, 0.5) is 0 Å². The quantitative estimate of drug-likeness (QED) is 0.758. The number of aromatic hydroxyl groups is 2. The van der Waals surface area contributed by atoms with Gasteiger partial charge in [0.25, 0.3) is 0 Å². The minimum atomic E-state index is 0.145. The Hall–Kier alpha value is -1.22. The molecule has 0 aliphatic heterocycles. The van der Waals surface area contributed by atoms with Gasteiger partial charge in [-0.05, 0) is 44.4 Å². The summed E-state index contributed by atoms with van der Waals surface area (Å²) in [4.78, 5) is 0. The summed E-state index contributed by atoms with van der Waals surface area (Å²) in [6.07, 6.45) is 4.41. The highest BCUT2D eigenvalue weighted by Gasteiger charge is 1.98. The van der Waals surface area contributed by atoms with Crippen LogP contribution in [0.25, 0.3) is 0 Å². The predicted molar refractivity (Wildman–Crippen MR) is 75.2 cm³/mol. The molecule has 0 heterocycles. The lowest BCUT2D eigenvalue weighted by molar-refractivity contribution is 0.162. The number of hydrogen-bond donors (Lipinski definition) is 2. The molecule has 0 aromatic heterocycles. The molecule has 0 saturated heterocycles. The van der Waals surface area contributed by atoms with Crippen LogP contribution in [0.3, 0.4) is 0 Å². The molecule has 0 amide bonds. The van der Waals surface area contributed by atoms with E-state index in [1.165, 1.54) is 18.9 Å². The van der Waals surface area contributed by atoms with Gasteiger partial charge >= 0.3 is 0 Å². The van der Waals surface area contributed by atoms with Crippen molar-refractivity contribution in [2.24, 2.45) is 0 Å². The van der Waals surface area contributed by atoms with E-state index in [-0.39, 0.29) is 11.5 Å². The van der Waals surface area contributed by atoms with Gasteiger partial charge < -0.3 is 14.9 Å². The number of hydrogen-bond acceptors (Lipinski definition) is 3. The summed E-state index contributed by atoms with van der Waals surface area (Å²) in [6.45, 7) is 7.82. The number of unbranched alkanes of at least 4 members (excludes halogenated alkanes) is 2. The van der Waals surface area contributed by atoms with E-state index in [4.69, 9.17) is 4.74 Å². The van der Waals surface area contributed by atoms with E-state index in [0.717, 1.165) is 31.6 Å². The molecule has 3 heteroatoms. The van der Waals surface area contributed by atoms with Crippen molar-refractivity contribution in [3.63, 3.8) is 0 Å². The Balaban J connectivity index is 0.000000494. The largest absolute Gasteiger partial charge is 0.508 e. The monoisotopic (exact) mass is 254 g/mol. The molecule has 0 aliphatic carbocycles. The number of phenolic OH excluding ortho intramolecular Hbond substituents is 2. The molecule has 0 spiro atoms. The summed E-state index contributed by atoms with van der Waals surface area (Å²) in [5.74, 6) is 0.290. The van der Waals surface area contributed by atoms with Crippen molar-refractivity contribution >= 4 is 0 Å². The molecule has 1 aromatic rings. The van der Waals surface area contributed by atoms with Gasteiger partial charge in [0, 0.05) is 19.3 Å². The van der Waals surface area contributed by atoms with Crippen LogP contribution in [0.5, 0.6) is 11.5 Å². The van der Waals surface area contributed by atoms with Gasteiger partial charge in [0.1, 0.15) is 11.5 Å². The number of ether oxygens (including phenoxy) is 1. The second kappa shape index (κ2) is 10.9. The Labute approximate surface area is 110 Å². The first kappa shape index (κ1) is 16.8. The highest BCUT2D eigenvalue weighted by atomic mass is 16.5. The van der Waals surface area contributed by atoms with Crippen LogP contribution >= 0.6 is 0 Å². The molecule has 104 valence electrons. The van der Waals surface area contributed by atoms with E-state index in [9.17, 15) is 10.2 Å². The lowest BCUT2D eigenvalue weighted by atomic mass is 10.1. The molecular formula is C15H26O3. The van der Waals surface area contributed by atoms with Crippen molar-refractivity contribution in [3.05, 3.63) is 23.8 Å². The molecule has 1 aromatic carbocycles. The van der Waals surface area contributed by atoms with Gasteiger partial charge in [-0.15, -0.1) is 0 Å². The number of rotatable bonds is 6. The first-order valence-electron chi connectivity index (χ1n) is 6.73. The van der Waals surface area contributed by atoms with Crippen LogP contribution in [0.1, 0.15) is 45.6 Å². The molecule has 0 atom stereocenters. The SMILES string of the molecule is CCCCCc1cc(O)cc(O)c1.CCOCC. The standard InChI is InChI=1S/C11H16O2.C4H10O/c1-2-3-4-5-9-6-10(12)8-11(13)7-9;1-3-5-4-2/h6-8,12-13H,2-5H2,1H3;3-4H2,1-2H3. The molecule has 18 heavy (non-hydrogen) atoms. The minimum Gasteiger partial charge on any atom is -0.508 e. The average Bonchev–Trinajstić information content (AvgIpc) is 2.30. The zero-order chi connectivity index (χ0) is 13.8. The predicted octanol–water partition coefficient (Wildman–Crippen LogP) is 3.87. The van der Waals surface area contributed by atoms with E-state index in [2.05, 4.69) is 6.92 Å². The summed E-state index contributed by atoms with van der Waals surface area (Å²) in [6, 6.07) is 4.76.